The number of para-hydroxylation sites is 1. The molecule has 0 radical (unpaired) electrons. The molecule has 0 unspecified atom stereocenters. The summed E-state index contributed by atoms with van der Waals surface area (Å²) in [6, 6.07) is 27.4. The predicted molar refractivity (Wildman–Crippen MR) is 159 cm³/mol. The fourth-order valence-corrected chi connectivity index (χ4v) is 5.32. The number of furan rings is 1. The average molecular weight is 619 g/mol. The molecule has 39 heavy (non-hydrogen) atoms. The Hall–Kier alpha value is -3.91. The van der Waals surface area contributed by atoms with Crippen molar-refractivity contribution in [2.75, 3.05) is 0 Å². The standard InChI is InChI=1S/C30H18BrCl2N3O3/c31-24-15-22(33)13-20(28(24)38-17-18-6-2-1-3-7-18)16-34-36-29(35-25-9-5-4-8-23(25)30(36)37)27-14-19-12-21(32)10-11-26(19)39-27/h1-16H,17H2. The van der Waals surface area contributed by atoms with Crippen molar-refractivity contribution in [1.29, 1.82) is 0 Å². The van der Waals surface area contributed by atoms with E-state index < -0.39 is 0 Å². The van der Waals surface area contributed by atoms with Gasteiger partial charge in [-0.3, -0.25) is 4.79 Å². The third kappa shape index (κ3) is 5.21. The zero-order valence-corrected chi connectivity index (χ0v) is 23.2. The number of fused-ring (bicyclic) bond motifs is 2. The second-order valence-corrected chi connectivity index (χ2v) is 10.4. The summed E-state index contributed by atoms with van der Waals surface area (Å²) in [5, 5.41) is 6.82. The number of hydrogen-bond acceptors (Lipinski definition) is 5. The van der Waals surface area contributed by atoms with Crippen molar-refractivity contribution in [2.24, 2.45) is 5.10 Å². The van der Waals surface area contributed by atoms with Crippen molar-refractivity contribution in [3.63, 3.8) is 0 Å². The number of hydrogen-bond donors (Lipinski definition) is 0. The Balaban J connectivity index is 1.48. The fourth-order valence-electron chi connectivity index (χ4n) is 4.19. The summed E-state index contributed by atoms with van der Waals surface area (Å²) in [5.74, 6) is 1.16. The average Bonchev–Trinajstić information content (AvgIpc) is 3.35. The van der Waals surface area contributed by atoms with Crippen LogP contribution in [0.25, 0.3) is 33.5 Å². The van der Waals surface area contributed by atoms with Crippen LogP contribution in [0.2, 0.25) is 10.0 Å². The Labute approximate surface area is 241 Å². The van der Waals surface area contributed by atoms with Gasteiger partial charge in [0.25, 0.3) is 5.56 Å². The Bertz CT molecular complexity index is 1930. The lowest BCUT2D eigenvalue weighted by atomic mass is 10.2. The molecular formula is C30H18BrCl2N3O3. The van der Waals surface area contributed by atoms with Crippen molar-refractivity contribution >= 4 is 67.2 Å². The van der Waals surface area contributed by atoms with E-state index in [4.69, 9.17) is 37.3 Å². The van der Waals surface area contributed by atoms with Gasteiger partial charge in [0.15, 0.2) is 5.76 Å². The molecule has 2 aromatic heterocycles. The number of halogens is 3. The quantitative estimate of drug-likeness (QED) is 0.176. The minimum absolute atomic E-state index is 0.245. The smallest absolute Gasteiger partial charge is 0.282 e. The SMILES string of the molecule is O=c1c2ccccc2nc(-c2cc3cc(Cl)ccc3o2)n1N=Cc1cc(Cl)cc(Br)c1OCc1ccccc1. The molecule has 0 bridgehead atoms. The van der Waals surface area contributed by atoms with Gasteiger partial charge in [0.05, 0.1) is 21.6 Å². The second kappa shape index (κ2) is 10.7. The first-order chi connectivity index (χ1) is 19.0. The van der Waals surface area contributed by atoms with Crippen LogP contribution in [0.4, 0.5) is 0 Å². The summed E-state index contributed by atoms with van der Waals surface area (Å²) >= 11 is 16.1. The molecule has 6 aromatic rings. The van der Waals surface area contributed by atoms with E-state index in [1.165, 1.54) is 10.9 Å². The third-order valence-corrected chi connectivity index (χ3v) is 7.07. The molecule has 0 aliphatic rings. The van der Waals surface area contributed by atoms with Gasteiger partial charge in [-0.2, -0.15) is 9.78 Å². The van der Waals surface area contributed by atoms with Gasteiger partial charge in [0.1, 0.15) is 17.9 Å². The van der Waals surface area contributed by atoms with E-state index in [9.17, 15) is 4.79 Å². The molecule has 192 valence electrons. The lowest BCUT2D eigenvalue weighted by molar-refractivity contribution is 0.304. The fraction of sp³-hybridized carbons (Fsp3) is 0.0333. The maximum absolute atomic E-state index is 13.6. The molecule has 6 nitrogen and oxygen atoms in total. The maximum atomic E-state index is 13.6. The normalized spacial score (nSPS) is 11.6. The van der Waals surface area contributed by atoms with E-state index in [1.54, 1.807) is 54.6 Å². The highest BCUT2D eigenvalue weighted by Gasteiger charge is 2.17. The molecule has 0 spiro atoms. The summed E-state index contributed by atoms with van der Waals surface area (Å²) in [7, 11) is 0. The number of benzene rings is 4. The first kappa shape index (κ1) is 25.4. The molecule has 0 aliphatic carbocycles. The van der Waals surface area contributed by atoms with Gasteiger partial charge in [-0.1, -0.05) is 65.7 Å². The molecule has 0 N–H and O–H groups in total. The van der Waals surface area contributed by atoms with Crippen LogP contribution >= 0.6 is 39.1 Å². The topological polar surface area (TPSA) is 69.6 Å². The Morgan fingerprint density at radius 3 is 2.59 bits per heavy atom. The zero-order valence-electron chi connectivity index (χ0n) is 20.1. The number of nitrogens with zero attached hydrogens (tertiary/aromatic N) is 3. The van der Waals surface area contributed by atoms with E-state index in [1.807, 2.05) is 36.4 Å². The maximum Gasteiger partial charge on any atom is 0.282 e. The predicted octanol–water partition coefficient (Wildman–Crippen LogP) is 8.34. The minimum Gasteiger partial charge on any atom is -0.487 e. The van der Waals surface area contributed by atoms with Crippen LogP contribution in [-0.4, -0.2) is 15.9 Å². The van der Waals surface area contributed by atoms with Crippen molar-refractivity contribution in [1.82, 2.24) is 9.66 Å². The second-order valence-electron chi connectivity index (χ2n) is 8.69. The van der Waals surface area contributed by atoms with Gasteiger partial charge in [0, 0.05) is 21.0 Å². The van der Waals surface area contributed by atoms with Gasteiger partial charge < -0.3 is 9.15 Å². The molecule has 4 aromatic carbocycles. The highest BCUT2D eigenvalue weighted by molar-refractivity contribution is 9.10. The number of rotatable bonds is 6. The lowest BCUT2D eigenvalue weighted by Gasteiger charge is -2.12. The molecule has 6 rings (SSSR count). The van der Waals surface area contributed by atoms with Crippen LogP contribution in [-0.2, 0) is 6.61 Å². The zero-order chi connectivity index (χ0) is 26.9. The molecule has 0 aliphatic heterocycles. The van der Waals surface area contributed by atoms with Crippen LogP contribution < -0.4 is 10.3 Å². The molecule has 0 saturated carbocycles. The monoisotopic (exact) mass is 617 g/mol. The molecule has 0 saturated heterocycles. The van der Waals surface area contributed by atoms with E-state index in [2.05, 4.69) is 21.0 Å². The van der Waals surface area contributed by atoms with Crippen LogP contribution in [0.3, 0.4) is 0 Å². The van der Waals surface area contributed by atoms with E-state index in [0.717, 1.165) is 10.9 Å². The van der Waals surface area contributed by atoms with Crippen LogP contribution in [0, 0.1) is 0 Å². The third-order valence-electron chi connectivity index (χ3n) is 6.03. The molecule has 0 fully saturated rings. The Morgan fingerprint density at radius 2 is 1.74 bits per heavy atom. The molecular weight excluding hydrogens is 601 g/mol. The highest BCUT2D eigenvalue weighted by atomic mass is 79.9. The van der Waals surface area contributed by atoms with Crippen LogP contribution in [0.1, 0.15) is 11.1 Å². The Morgan fingerprint density at radius 1 is 0.949 bits per heavy atom. The highest BCUT2D eigenvalue weighted by Crippen LogP contribution is 2.33. The Kier molecular flexibility index (Phi) is 6.95. The van der Waals surface area contributed by atoms with Gasteiger partial charge in [-0.05, 0) is 70.0 Å². The molecule has 0 amide bonds. The minimum atomic E-state index is -0.349. The lowest BCUT2D eigenvalue weighted by Crippen LogP contribution is -2.20. The van der Waals surface area contributed by atoms with Gasteiger partial charge in [0.2, 0.25) is 5.82 Å². The van der Waals surface area contributed by atoms with Crippen LogP contribution in [0.5, 0.6) is 5.75 Å². The summed E-state index contributed by atoms with van der Waals surface area (Å²) in [6.07, 6.45) is 1.53. The van der Waals surface area contributed by atoms with E-state index in [0.29, 0.717) is 54.7 Å². The molecule has 2 heterocycles. The first-order valence-electron chi connectivity index (χ1n) is 11.9. The van der Waals surface area contributed by atoms with Crippen molar-refractivity contribution in [3.05, 3.63) is 127 Å². The summed E-state index contributed by atoms with van der Waals surface area (Å²) in [5.41, 5.74) is 2.37. The van der Waals surface area contributed by atoms with Crippen molar-refractivity contribution < 1.29 is 9.15 Å². The summed E-state index contributed by atoms with van der Waals surface area (Å²) in [6.45, 7) is 0.339. The number of ether oxygens (including phenoxy) is 1. The summed E-state index contributed by atoms with van der Waals surface area (Å²) < 4.78 is 14.1. The molecule has 0 atom stereocenters. The van der Waals surface area contributed by atoms with E-state index >= 15 is 0 Å². The van der Waals surface area contributed by atoms with Crippen molar-refractivity contribution in [3.8, 4) is 17.3 Å². The van der Waals surface area contributed by atoms with Crippen LogP contribution in [0.15, 0.2) is 110 Å². The van der Waals surface area contributed by atoms with Gasteiger partial charge in [-0.25, -0.2) is 4.98 Å². The van der Waals surface area contributed by atoms with E-state index in [-0.39, 0.29) is 11.4 Å². The van der Waals surface area contributed by atoms with Gasteiger partial charge in [-0.15, -0.1) is 0 Å². The largest absolute Gasteiger partial charge is 0.487 e. The first-order valence-corrected chi connectivity index (χ1v) is 13.4. The van der Waals surface area contributed by atoms with Gasteiger partial charge >= 0.3 is 0 Å². The summed E-state index contributed by atoms with van der Waals surface area (Å²) in [4.78, 5) is 18.3. The number of aromatic nitrogens is 2. The van der Waals surface area contributed by atoms with Crippen molar-refractivity contribution in [2.45, 2.75) is 6.61 Å². The molecule has 9 heteroatoms.